The summed E-state index contributed by atoms with van der Waals surface area (Å²) in [6.07, 6.45) is 8.10. The van der Waals surface area contributed by atoms with Gasteiger partial charge in [0, 0.05) is 49.1 Å². The number of aliphatic imine (C=N–C) groups is 1. The zero-order valence-electron chi connectivity index (χ0n) is 28.2. The van der Waals surface area contributed by atoms with Gasteiger partial charge in [0.05, 0.1) is 18.2 Å². The van der Waals surface area contributed by atoms with E-state index in [0.717, 1.165) is 35.1 Å². The molecule has 0 saturated carbocycles. The van der Waals surface area contributed by atoms with Crippen LogP contribution in [0.2, 0.25) is 10.0 Å². The summed E-state index contributed by atoms with van der Waals surface area (Å²) in [5, 5.41) is 1.23. The number of hydrogen-bond acceptors (Lipinski definition) is 4. The Hall–Kier alpha value is -3.99. The van der Waals surface area contributed by atoms with Crippen molar-refractivity contribution in [3.05, 3.63) is 99.0 Å². The van der Waals surface area contributed by atoms with Crippen molar-refractivity contribution in [2.45, 2.75) is 70.9 Å². The van der Waals surface area contributed by atoms with Gasteiger partial charge in [-0.1, -0.05) is 74.3 Å². The van der Waals surface area contributed by atoms with Crippen molar-refractivity contribution in [2.24, 2.45) is 4.99 Å². The van der Waals surface area contributed by atoms with E-state index >= 15 is 0 Å². The van der Waals surface area contributed by atoms with E-state index in [-0.39, 0.29) is 17.4 Å². The average Bonchev–Trinajstić information content (AvgIpc) is 3.47. The maximum atomic E-state index is 14.8. The number of piperazine rings is 1. The Morgan fingerprint density at radius 1 is 0.896 bits per heavy atom. The largest absolute Gasteiger partial charge is 0.493 e. The second-order valence-electron chi connectivity index (χ2n) is 13.3. The summed E-state index contributed by atoms with van der Waals surface area (Å²) < 4.78 is 6.24. The van der Waals surface area contributed by atoms with Gasteiger partial charge in [-0.15, -0.1) is 12.3 Å². The number of nitrogens with zero attached hydrogens (tertiary/aromatic N) is 4. The number of halogens is 2. The van der Waals surface area contributed by atoms with Crippen LogP contribution in [0.1, 0.15) is 87.7 Å². The number of unbranched alkanes of at least 4 members (excludes halogenated alkanes) is 2. The monoisotopic (exact) mass is 686 g/mol. The molecule has 2 aliphatic heterocycles. The van der Waals surface area contributed by atoms with Crippen LogP contribution in [-0.4, -0.2) is 65.3 Å². The number of rotatable bonds is 9. The number of benzene rings is 3. The van der Waals surface area contributed by atoms with Gasteiger partial charge in [-0.2, -0.15) is 0 Å². The zero-order valence-corrected chi connectivity index (χ0v) is 29.7. The summed E-state index contributed by atoms with van der Waals surface area (Å²) >= 11 is 12.6. The SMILES string of the molecule is C#CCCCCC(=O)N1CCN(C(=O)N2C(c3ccc(C(C)(C)C)cc3OCC)=NC(c3ccc(Cl)cc3)C2c2ccc(Cl)cc2)CC1. The van der Waals surface area contributed by atoms with Gasteiger partial charge in [0.25, 0.3) is 0 Å². The molecule has 2 aliphatic rings. The van der Waals surface area contributed by atoms with E-state index in [2.05, 4.69) is 38.8 Å². The molecule has 0 aromatic heterocycles. The number of hydrogen-bond donors (Lipinski definition) is 0. The molecule has 7 nitrogen and oxygen atoms in total. The lowest BCUT2D eigenvalue weighted by Crippen LogP contribution is -2.55. The van der Waals surface area contributed by atoms with Gasteiger partial charge < -0.3 is 14.5 Å². The van der Waals surface area contributed by atoms with Crippen LogP contribution in [0.15, 0.2) is 71.7 Å². The fraction of sp³-hybridized carbons (Fsp3) is 0.410. The van der Waals surface area contributed by atoms with E-state index in [1.165, 1.54) is 0 Å². The summed E-state index contributed by atoms with van der Waals surface area (Å²) in [7, 11) is 0. The van der Waals surface area contributed by atoms with E-state index in [9.17, 15) is 9.59 Å². The maximum Gasteiger partial charge on any atom is 0.326 e. The molecule has 2 atom stereocenters. The molecular weight excluding hydrogens is 643 g/mol. The molecule has 5 rings (SSSR count). The van der Waals surface area contributed by atoms with Crippen molar-refractivity contribution >= 4 is 41.0 Å². The van der Waals surface area contributed by atoms with E-state index in [1.807, 2.05) is 76.2 Å². The molecular formula is C39H44Cl2N4O3. The van der Waals surface area contributed by atoms with Crippen molar-refractivity contribution in [1.82, 2.24) is 14.7 Å². The van der Waals surface area contributed by atoms with Gasteiger partial charge >= 0.3 is 6.03 Å². The average molecular weight is 688 g/mol. The van der Waals surface area contributed by atoms with E-state index in [4.69, 9.17) is 39.4 Å². The third-order valence-electron chi connectivity index (χ3n) is 8.95. The molecule has 0 N–H and O–H groups in total. The minimum atomic E-state index is -0.474. The highest BCUT2D eigenvalue weighted by Crippen LogP contribution is 2.46. The first-order valence-electron chi connectivity index (χ1n) is 16.7. The normalized spacial score (nSPS) is 18.0. The number of urea groups is 1. The summed E-state index contributed by atoms with van der Waals surface area (Å²) in [4.78, 5) is 38.6. The second kappa shape index (κ2) is 15.5. The van der Waals surface area contributed by atoms with Crippen LogP contribution in [0, 0.1) is 12.3 Å². The quantitative estimate of drug-likeness (QED) is 0.167. The van der Waals surface area contributed by atoms with Crippen LogP contribution >= 0.6 is 23.2 Å². The molecule has 2 heterocycles. The van der Waals surface area contributed by atoms with Gasteiger partial charge in [-0.05, 0) is 78.3 Å². The smallest absolute Gasteiger partial charge is 0.326 e. The molecule has 1 fully saturated rings. The molecule has 0 radical (unpaired) electrons. The number of amides is 3. The fourth-order valence-electron chi connectivity index (χ4n) is 6.26. The minimum absolute atomic E-state index is 0.102. The van der Waals surface area contributed by atoms with Crippen LogP contribution in [-0.2, 0) is 10.2 Å². The highest BCUT2D eigenvalue weighted by Gasteiger charge is 2.45. The molecule has 0 spiro atoms. The van der Waals surface area contributed by atoms with E-state index in [0.29, 0.717) is 67.3 Å². The van der Waals surface area contributed by atoms with Crippen LogP contribution in [0.4, 0.5) is 4.79 Å². The highest BCUT2D eigenvalue weighted by molar-refractivity contribution is 6.30. The predicted molar refractivity (Wildman–Crippen MR) is 194 cm³/mol. The van der Waals surface area contributed by atoms with Gasteiger partial charge in [-0.3, -0.25) is 14.7 Å². The first-order valence-corrected chi connectivity index (χ1v) is 17.4. The number of carbonyl (C=O) groups is 2. The molecule has 3 aromatic rings. The molecule has 252 valence electrons. The van der Waals surface area contributed by atoms with Crippen molar-refractivity contribution in [3.63, 3.8) is 0 Å². The first-order chi connectivity index (χ1) is 23.0. The Balaban J connectivity index is 1.55. The molecule has 0 aliphatic carbocycles. The maximum absolute atomic E-state index is 14.8. The topological polar surface area (TPSA) is 65.5 Å². The lowest BCUT2D eigenvalue weighted by atomic mass is 9.86. The molecule has 3 amide bonds. The van der Waals surface area contributed by atoms with Crippen LogP contribution in [0.25, 0.3) is 0 Å². The van der Waals surface area contributed by atoms with Gasteiger partial charge in [0.1, 0.15) is 17.6 Å². The zero-order chi connectivity index (χ0) is 34.4. The summed E-state index contributed by atoms with van der Waals surface area (Å²) in [6, 6.07) is 20.3. The number of ether oxygens (including phenoxy) is 1. The molecule has 9 heteroatoms. The van der Waals surface area contributed by atoms with E-state index < -0.39 is 12.1 Å². The highest BCUT2D eigenvalue weighted by atomic mass is 35.5. The summed E-state index contributed by atoms with van der Waals surface area (Å²) in [5.41, 5.74) is 3.59. The standard InChI is InChI=1S/C39H44Cl2N4O3/c1-6-8-9-10-11-34(46)43-22-24-44(25-23-43)38(47)45-36(28-14-19-31(41)20-15-28)35(27-12-17-30(40)18-13-27)42-37(45)32-21-16-29(39(3,4)5)26-33(32)48-7-2/h1,12-21,26,35-36H,7-11,22-25H2,2-5H3. The molecule has 3 aromatic carbocycles. The third-order valence-corrected chi connectivity index (χ3v) is 9.45. The van der Waals surface area contributed by atoms with Crippen molar-refractivity contribution in [1.29, 1.82) is 0 Å². The number of amidine groups is 1. The Morgan fingerprint density at radius 2 is 1.50 bits per heavy atom. The minimum Gasteiger partial charge on any atom is -0.493 e. The Bertz CT molecular complexity index is 1670. The van der Waals surface area contributed by atoms with Crippen LogP contribution in [0.5, 0.6) is 5.75 Å². The Morgan fingerprint density at radius 3 is 2.08 bits per heavy atom. The van der Waals surface area contributed by atoms with Crippen LogP contribution < -0.4 is 4.74 Å². The van der Waals surface area contributed by atoms with E-state index in [1.54, 1.807) is 0 Å². The summed E-state index contributed by atoms with van der Waals surface area (Å²) in [5.74, 6) is 3.94. The predicted octanol–water partition coefficient (Wildman–Crippen LogP) is 8.69. The Kier molecular flexibility index (Phi) is 11.4. The second-order valence-corrected chi connectivity index (χ2v) is 14.1. The third kappa shape index (κ3) is 7.99. The Labute approximate surface area is 294 Å². The number of carbonyl (C=O) groups excluding carboxylic acids is 2. The lowest BCUT2D eigenvalue weighted by Gasteiger charge is -2.39. The molecule has 2 unspecified atom stereocenters. The molecule has 48 heavy (non-hydrogen) atoms. The fourth-order valence-corrected chi connectivity index (χ4v) is 6.52. The number of terminal acetylenes is 1. The van der Waals surface area contributed by atoms with Crippen LogP contribution in [0.3, 0.4) is 0 Å². The van der Waals surface area contributed by atoms with Crippen molar-refractivity contribution in [3.8, 4) is 18.1 Å². The lowest BCUT2D eigenvalue weighted by molar-refractivity contribution is -0.132. The molecule has 0 bridgehead atoms. The van der Waals surface area contributed by atoms with Crippen molar-refractivity contribution < 1.29 is 14.3 Å². The molecule has 1 saturated heterocycles. The van der Waals surface area contributed by atoms with Crippen molar-refractivity contribution in [2.75, 3.05) is 32.8 Å². The summed E-state index contributed by atoms with van der Waals surface area (Å²) in [6.45, 7) is 10.7. The van der Waals surface area contributed by atoms with Gasteiger partial charge in [0.2, 0.25) is 5.91 Å². The first kappa shape index (κ1) is 35.3. The van der Waals surface area contributed by atoms with Gasteiger partial charge in [-0.25, -0.2) is 4.79 Å². The van der Waals surface area contributed by atoms with Gasteiger partial charge in [0.15, 0.2) is 0 Å².